The van der Waals surface area contributed by atoms with Crippen molar-refractivity contribution >= 4 is 40.0 Å². The first-order chi connectivity index (χ1) is 10.2. The molecule has 0 bridgehead atoms. The van der Waals surface area contributed by atoms with Crippen LogP contribution in [0.15, 0.2) is 0 Å². The molecule has 2 fully saturated rings. The van der Waals surface area contributed by atoms with Crippen LogP contribution >= 0.6 is 23.1 Å². The van der Waals surface area contributed by atoms with E-state index in [1.54, 1.807) is 0 Å². The van der Waals surface area contributed by atoms with Gasteiger partial charge in [0.05, 0.1) is 0 Å². The monoisotopic (exact) mass is 326 g/mol. The molecule has 2 unspecified atom stereocenters. The molecule has 3 rings (SSSR count). The van der Waals surface area contributed by atoms with Gasteiger partial charge in [0.15, 0.2) is 5.13 Å². The number of thioether (sulfide) groups is 1. The Labute approximate surface area is 133 Å². The normalized spacial score (nSPS) is 25.6. The van der Waals surface area contributed by atoms with Gasteiger partial charge in [-0.15, -0.1) is 0 Å². The molecule has 116 valence electrons. The van der Waals surface area contributed by atoms with Crippen molar-refractivity contribution in [1.29, 1.82) is 0 Å². The van der Waals surface area contributed by atoms with Crippen molar-refractivity contribution < 1.29 is 4.79 Å². The van der Waals surface area contributed by atoms with E-state index in [0.717, 1.165) is 11.6 Å². The SMILES string of the molecule is CSC1CCCC1NC(=O)c1sc(NC2CCC2)nc1N. The highest BCUT2D eigenvalue weighted by Gasteiger charge is 2.29. The van der Waals surface area contributed by atoms with Crippen molar-refractivity contribution in [3.8, 4) is 0 Å². The van der Waals surface area contributed by atoms with Gasteiger partial charge in [0, 0.05) is 17.3 Å². The molecule has 0 aliphatic heterocycles. The van der Waals surface area contributed by atoms with Crippen molar-refractivity contribution in [3.63, 3.8) is 0 Å². The average molecular weight is 326 g/mol. The first kappa shape index (κ1) is 15.0. The van der Waals surface area contributed by atoms with Crippen molar-refractivity contribution in [2.45, 2.75) is 55.9 Å². The van der Waals surface area contributed by atoms with Crippen LogP contribution in [0.25, 0.3) is 0 Å². The molecule has 5 nitrogen and oxygen atoms in total. The van der Waals surface area contributed by atoms with Crippen LogP contribution in [0.5, 0.6) is 0 Å². The number of nitrogens with two attached hydrogens (primary N) is 1. The topological polar surface area (TPSA) is 80.0 Å². The fourth-order valence-electron chi connectivity index (χ4n) is 2.89. The smallest absolute Gasteiger partial charge is 0.265 e. The number of thiazole rings is 1. The van der Waals surface area contributed by atoms with Gasteiger partial charge in [-0.3, -0.25) is 4.79 Å². The number of amides is 1. The maximum Gasteiger partial charge on any atom is 0.265 e. The minimum Gasteiger partial charge on any atom is -0.382 e. The zero-order valence-electron chi connectivity index (χ0n) is 12.2. The number of nitrogens with one attached hydrogen (secondary N) is 2. The maximum atomic E-state index is 12.4. The molecule has 21 heavy (non-hydrogen) atoms. The van der Waals surface area contributed by atoms with Gasteiger partial charge in [-0.05, 0) is 38.4 Å². The van der Waals surface area contributed by atoms with Crippen molar-refractivity contribution in [3.05, 3.63) is 4.88 Å². The van der Waals surface area contributed by atoms with Crippen molar-refractivity contribution in [2.24, 2.45) is 0 Å². The Morgan fingerprint density at radius 2 is 2.10 bits per heavy atom. The Hall–Kier alpha value is -0.950. The zero-order chi connectivity index (χ0) is 14.8. The molecule has 1 aromatic heterocycles. The molecule has 2 atom stereocenters. The maximum absolute atomic E-state index is 12.4. The van der Waals surface area contributed by atoms with E-state index in [2.05, 4.69) is 21.9 Å². The number of anilines is 2. The molecular weight excluding hydrogens is 304 g/mol. The Kier molecular flexibility index (Phi) is 4.59. The minimum atomic E-state index is -0.0717. The summed E-state index contributed by atoms with van der Waals surface area (Å²) in [6.07, 6.45) is 9.16. The third-order valence-electron chi connectivity index (χ3n) is 4.36. The summed E-state index contributed by atoms with van der Waals surface area (Å²) in [6.45, 7) is 0. The van der Waals surface area contributed by atoms with Crippen LogP contribution in [0.4, 0.5) is 10.9 Å². The second-order valence-corrected chi connectivity index (χ2v) is 7.87. The van der Waals surface area contributed by atoms with Crippen LogP contribution in [0.2, 0.25) is 0 Å². The molecule has 7 heteroatoms. The Bertz CT molecular complexity index is 515. The van der Waals surface area contributed by atoms with E-state index in [-0.39, 0.29) is 11.9 Å². The molecule has 1 amide bonds. The van der Waals surface area contributed by atoms with E-state index in [9.17, 15) is 4.79 Å². The highest BCUT2D eigenvalue weighted by atomic mass is 32.2. The number of rotatable bonds is 5. The lowest BCUT2D eigenvalue weighted by atomic mass is 9.93. The predicted octanol–water partition coefficient (Wildman–Crippen LogP) is 2.70. The second-order valence-electron chi connectivity index (χ2n) is 5.79. The summed E-state index contributed by atoms with van der Waals surface area (Å²) in [5, 5.41) is 7.78. The summed E-state index contributed by atoms with van der Waals surface area (Å²) in [5.41, 5.74) is 5.91. The number of hydrogen-bond donors (Lipinski definition) is 3. The molecule has 0 radical (unpaired) electrons. The van der Waals surface area contributed by atoms with Crippen molar-refractivity contribution in [2.75, 3.05) is 17.3 Å². The summed E-state index contributed by atoms with van der Waals surface area (Å²) < 4.78 is 0. The molecule has 0 spiro atoms. The number of nitrogen functional groups attached to an aromatic ring is 1. The van der Waals surface area contributed by atoms with E-state index < -0.39 is 0 Å². The fraction of sp³-hybridized carbons (Fsp3) is 0.714. The van der Waals surface area contributed by atoms with Crippen molar-refractivity contribution in [1.82, 2.24) is 10.3 Å². The van der Waals surface area contributed by atoms with Gasteiger partial charge in [-0.25, -0.2) is 4.98 Å². The lowest BCUT2D eigenvalue weighted by molar-refractivity contribution is 0.0943. The number of carbonyl (C=O) groups is 1. The molecule has 2 aliphatic rings. The number of aromatic nitrogens is 1. The third-order valence-corrected chi connectivity index (χ3v) is 6.54. The van der Waals surface area contributed by atoms with Crippen LogP contribution < -0.4 is 16.4 Å². The van der Waals surface area contributed by atoms with Crippen LogP contribution in [0.3, 0.4) is 0 Å². The fourth-order valence-corrected chi connectivity index (χ4v) is 4.69. The zero-order valence-corrected chi connectivity index (χ0v) is 13.9. The second kappa shape index (κ2) is 6.44. The molecule has 2 saturated carbocycles. The lowest BCUT2D eigenvalue weighted by Crippen LogP contribution is -2.38. The first-order valence-corrected chi connectivity index (χ1v) is 9.64. The summed E-state index contributed by atoms with van der Waals surface area (Å²) in [7, 11) is 0. The molecule has 1 aromatic rings. The van der Waals surface area contributed by atoms with Gasteiger partial charge >= 0.3 is 0 Å². The van der Waals surface area contributed by atoms with Gasteiger partial charge in [-0.1, -0.05) is 17.8 Å². The first-order valence-electron chi connectivity index (χ1n) is 7.54. The summed E-state index contributed by atoms with van der Waals surface area (Å²) >= 11 is 3.21. The van der Waals surface area contributed by atoms with Crippen LogP contribution in [0.1, 0.15) is 48.2 Å². The number of carbonyl (C=O) groups excluding carboxylic acids is 1. The molecule has 1 heterocycles. The summed E-state index contributed by atoms with van der Waals surface area (Å²) in [5.74, 6) is 0.274. The van der Waals surface area contributed by atoms with Gasteiger partial charge in [0.25, 0.3) is 5.91 Å². The highest BCUT2D eigenvalue weighted by molar-refractivity contribution is 7.99. The summed E-state index contributed by atoms with van der Waals surface area (Å²) in [4.78, 5) is 17.2. The molecule has 4 N–H and O–H groups in total. The number of hydrogen-bond acceptors (Lipinski definition) is 6. The van der Waals surface area contributed by atoms with Gasteiger partial charge in [-0.2, -0.15) is 11.8 Å². The Morgan fingerprint density at radius 1 is 1.33 bits per heavy atom. The van der Waals surface area contributed by atoms with Gasteiger partial charge in [0.2, 0.25) is 0 Å². The van der Waals surface area contributed by atoms with E-state index in [0.29, 0.717) is 22.0 Å². The van der Waals surface area contributed by atoms with E-state index in [1.807, 2.05) is 11.8 Å². The minimum absolute atomic E-state index is 0.0717. The largest absolute Gasteiger partial charge is 0.382 e. The molecular formula is C14H22N4OS2. The van der Waals surface area contributed by atoms with E-state index in [4.69, 9.17) is 5.73 Å². The van der Waals surface area contributed by atoms with Gasteiger partial charge < -0.3 is 16.4 Å². The molecule has 0 saturated heterocycles. The number of nitrogens with zero attached hydrogens (tertiary/aromatic N) is 1. The molecule has 2 aliphatic carbocycles. The Morgan fingerprint density at radius 3 is 2.76 bits per heavy atom. The van der Waals surface area contributed by atoms with E-state index in [1.165, 1.54) is 43.4 Å². The average Bonchev–Trinajstić information content (AvgIpc) is 3.00. The standard InChI is InChI=1S/C14H22N4OS2/c1-20-10-7-3-6-9(10)17-13(19)11-12(15)18-14(21-11)16-8-4-2-5-8/h8-10H,2-7,15H2,1H3,(H,16,18)(H,17,19). The van der Waals surface area contributed by atoms with Gasteiger partial charge in [0.1, 0.15) is 10.7 Å². The summed E-state index contributed by atoms with van der Waals surface area (Å²) in [6, 6.07) is 0.763. The Balaban J connectivity index is 1.63. The van der Waals surface area contributed by atoms with E-state index >= 15 is 0 Å². The van der Waals surface area contributed by atoms with Crippen LogP contribution in [-0.2, 0) is 0 Å². The van der Waals surface area contributed by atoms with Crippen LogP contribution in [-0.4, -0.2) is 34.5 Å². The predicted molar refractivity (Wildman–Crippen MR) is 90.2 cm³/mol. The third kappa shape index (κ3) is 3.29. The molecule has 0 aromatic carbocycles. The lowest BCUT2D eigenvalue weighted by Gasteiger charge is -2.25. The van der Waals surface area contributed by atoms with Crippen LogP contribution in [0, 0.1) is 0 Å². The highest BCUT2D eigenvalue weighted by Crippen LogP contribution is 2.31. The quantitative estimate of drug-likeness (QED) is 0.775.